The number of benzene rings is 1. The molecule has 0 aliphatic heterocycles. The molecule has 13 nitrogen and oxygen atoms in total. The number of nitrogen functional groups attached to an aromatic ring is 1. The number of aromatic nitrogens is 5. The number of hydrazone groups is 1. The Morgan fingerprint density at radius 2 is 1.97 bits per heavy atom. The number of amides is 1. The first kappa shape index (κ1) is 19.6. The lowest BCUT2D eigenvalue weighted by Crippen LogP contribution is -2.22. The van der Waals surface area contributed by atoms with Crippen molar-refractivity contribution >= 4 is 17.9 Å². The molecule has 0 radical (unpaired) electrons. The van der Waals surface area contributed by atoms with Crippen LogP contribution in [0.3, 0.4) is 0 Å². The quantitative estimate of drug-likeness (QED) is 0.415. The Labute approximate surface area is 164 Å². The van der Waals surface area contributed by atoms with Gasteiger partial charge in [0, 0.05) is 5.56 Å². The summed E-state index contributed by atoms with van der Waals surface area (Å²) in [5.74, 6) is 0.705. The summed E-state index contributed by atoms with van der Waals surface area (Å²) in [6, 6.07) is 3.39. The summed E-state index contributed by atoms with van der Waals surface area (Å²) in [6.45, 7) is 1.60. The Morgan fingerprint density at radius 3 is 2.59 bits per heavy atom. The second-order valence-electron chi connectivity index (χ2n) is 5.53. The lowest BCUT2D eigenvalue weighted by Gasteiger charge is -2.13. The van der Waals surface area contributed by atoms with Crippen LogP contribution < -0.4 is 25.4 Å². The summed E-state index contributed by atoms with van der Waals surface area (Å²) in [5.41, 5.74) is 9.02. The van der Waals surface area contributed by atoms with E-state index < -0.39 is 5.91 Å². The van der Waals surface area contributed by atoms with Crippen molar-refractivity contribution in [2.75, 3.05) is 27.1 Å². The standard InChI is InChI=1S/C16H18N8O5/c1-8-11(24(23-19-8)15-14(17)21-29-22-15)16(25)20-18-7-9-5-6-10(26-2)13(28-4)12(9)27-3/h5-7H,1-4H3,(H2,17,21)(H,20,25)/b18-7-. The second kappa shape index (κ2) is 8.24. The van der Waals surface area contributed by atoms with E-state index in [2.05, 4.69) is 35.8 Å². The van der Waals surface area contributed by atoms with E-state index in [-0.39, 0.29) is 17.3 Å². The van der Waals surface area contributed by atoms with Crippen molar-refractivity contribution in [1.82, 2.24) is 30.7 Å². The molecule has 1 aromatic carbocycles. The SMILES string of the molecule is COc1ccc(/C=N\NC(=O)c2c(C)nnn2-c2nonc2N)c(OC)c1OC. The molecular weight excluding hydrogens is 384 g/mol. The molecule has 3 N–H and O–H groups in total. The zero-order valence-electron chi connectivity index (χ0n) is 16.0. The Hall–Kier alpha value is -4.16. The Kier molecular flexibility index (Phi) is 5.57. The van der Waals surface area contributed by atoms with E-state index in [1.54, 1.807) is 19.1 Å². The third-order valence-electron chi connectivity index (χ3n) is 3.85. The van der Waals surface area contributed by atoms with Crippen LogP contribution in [0.2, 0.25) is 0 Å². The van der Waals surface area contributed by atoms with Crippen molar-refractivity contribution < 1.29 is 23.6 Å². The number of nitrogens with two attached hydrogens (primary N) is 1. The molecule has 0 bridgehead atoms. The van der Waals surface area contributed by atoms with Gasteiger partial charge in [0.2, 0.25) is 17.4 Å². The average Bonchev–Trinajstić information content (AvgIpc) is 3.32. The number of carbonyl (C=O) groups is 1. The lowest BCUT2D eigenvalue weighted by atomic mass is 10.2. The average molecular weight is 402 g/mol. The smallest absolute Gasteiger partial charge is 0.292 e. The molecule has 1 amide bonds. The van der Waals surface area contributed by atoms with E-state index in [1.807, 2.05) is 0 Å². The normalized spacial score (nSPS) is 10.9. The summed E-state index contributed by atoms with van der Waals surface area (Å²) < 4.78 is 21.6. The van der Waals surface area contributed by atoms with Crippen molar-refractivity contribution in [3.8, 4) is 23.1 Å². The highest BCUT2D eigenvalue weighted by Gasteiger charge is 2.23. The predicted octanol–water partition coefficient (Wildman–Crippen LogP) is 0.331. The van der Waals surface area contributed by atoms with Gasteiger partial charge in [0.25, 0.3) is 5.91 Å². The van der Waals surface area contributed by atoms with Crippen LogP contribution in [0.25, 0.3) is 5.82 Å². The summed E-state index contributed by atoms with van der Waals surface area (Å²) in [5, 5.41) is 18.7. The maximum Gasteiger partial charge on any atom is 0.292 e. The van der Waals surface area contributed by atoms with Crippen molar-refractivity contribution in [3.05, 3.63) is 29.1 Å². The summed E-state index contributed by atoms with van der Waals surface area (Å²) in [6.07, 6.45) is 1.40. The summed E-state index contributed by atoms with van der Waals surface area (Å²) >= 11 is 0. The van der Waals surface area contributed by atoms with Crippen LogP contribution in [0.5, 0.6) is 17.2 Å². The summed E-state index contributed by atoms with van der Waals surface area (Å²) in [4.78, 5) is 12.6. The maximum absolute atomic E-state index is 12.6. The molecule has 0 fully saturated rings. The predicted molar refractivity (Wildman–Crippen MR) is 99.5 cm³/mol. The Morgan fingerprint density at radius 1 is 1.21 bits per heavy atom. The first-order valence-electron chi connectivity index (χ1n) is 8.14. The lowest BCUT2D eigenvalue weighted by molar-refractivity contribution is 0.0946. The number of hydrogen-bond acceptors (Lipinski definition) is 11. The van der Waals surface area contributed by atoms with Gasteiger partial charge in [-0.2, -0.15) is 9.78 Å². The molecular formula is C16H18N8O5. The first-order chi connectivity index (χ1) is 14.0. The topological polar surface area (TPSA) is 165 Å². The van der Waals surface area contributed by atoms with Crippen molar-refractivity contribution in [3.63, 3.8) is 0 Å². The third kappa shape index (κ3) is 3.65. The number of aryl methyl sites for hydroxylation is 1. The molecule has 3 rings (SSSR count). The fourth-order valence-corrected chi connectivity index (χ4v) is 2.54. The number of nitrogens with one attached hydrogen (secondary N) is 1. The number of methoxy groups -OCH3 is 3. The number of rotatable bonds is 7. The molecule has 0 saturated heterocycles. The fourth-order valence-electron chi connectivity index (χ4n) is 2.54. The molecule has 13 heteroatoms. The van der Waals surface area contributed by atoms with E-state index >= 15 is 0 Å². The molecule has 152 valence electrons. The summed E-state index contributed by atoms with van der Waals surface area (Å²) in [7, 11) is 4.49. The largest absolute Gasteiger partial charge is 0.493 e. The molecule has 2 aromatic heterocycles. The van der Waals surface area contributed by atoms with Gasteiger partial charge < -0.3 is 19.9 Å². The van der Waals surface area contributed by atoms with Crippen LogP contribution in [0, 0.1) is 6.92 Å². The van der Waals surface area contributed by atoms with E-state index in [0.717, 1.165) is 4.68 Å². The minimum Gasteiger partial charge on any atom is -0.493 e. The van der Waals surface area contributed by atoms with Gasteiger partial charge in [-0.25, -0.2) is 10.1 Å². The number of nitrogens with zero attached hydrogens (tertiary/aromatic N) is 6. The molecule has 2 heterocycles. The zero-order chi connectivity index (χ0) is 21.0. The Balaban J connectivity index is 1.85. The monoisotopic (exact) mass is 402 g/mol. The van der Waals surface area contributed by atoms with Crippen LogP contribution in [0.1, 0.15) is 21.7 Å². The number of anilines is 1. The zero-order valence-corrected chi connectivity index (χ0v) is 16.0. The van der Waals surface area contributed by atoms with E-state index in [9.17, 15) is 4.79 Å². The molecule has 29 heavy (non-hydrogen) atoms. The Bertz CT molecular complexity index is 1060. The van der Waals surface area contributed by atoms with Gasteiger partial charge >= 0.3 is 0 Å². The van der Waals surface area contributed by atoms with E-state index in [4.69, 9.17) is 19.9 Å². The van der Waals surface area contributed by atoms with Gasteiger partial charge in [-0.15, -0.1) is 5.10 Å². The van der Waals surface area contributed by atoms with Crippen LogP contribution in [-0.2, 0) is 0 Å². The van der Waals surface area contributed by atoms with Gasteiger partial charge in [-0.1, -0.05) is 5.21 Å². The van der Waals surface area contributed by atoms with Crippen molar-refractivity contribution in [2.45, 2.75) is 6.92 Å². The molecule has 0 saturated carbocycles. The second-order valence-corrected chi connectivity index (χ2v) is 5.53. The van der Waals surface area contributed by atoms with Crippen LogP contribution in [0.4, 0.5) is 5.82 Å². The maximum atomic E-state index is 12.6. The van der Waals surface area contributed by atoms with E-state index in [0.29, 0.717) is 28.5 Å². The minimum atomic E-state index is -0.592. The highest BCUT2D eigenvalue weighted by Crippen LogP contribution is 2.38. The van der Waals surface area contributed by atoms with Crippen molar-refractivity contribution in [2.24, 2.45) is 5.10 Å². The van der Waals surface area contributed by atoms with Gasteiger partial charge in [0.1, 0.15) is 0 Å². The third-order valence-corrected chi connectivity index (χ3v) is 3.85. The highest BCUT2D eigenvalue weighted by atomic mass is 16.6. The van der Waals surface area contributed by atoms with Gasteiger partial charge in [-0.3, -0.25) is 4.79 Å². The van der Waals surface area contributed by atoms with Crippen molar-refractivity contribution in [1.29, 1.82) is 0 Å². The molecule has 0 spiro atoms. The molecule has 0 unspecified atom stereocenters. The van der Waals surface area contributed by atoms with Gasteiger partial charge in [0.15, 0.2) is 17.2 Å². The highest BCUT2D eigenvalue weighted by molar-refractivity contribution is 5.95. The molecule has 0 aliphatic rings. The van der Waals surface area contributed by atoms with E-state index in [1.165, 1.54) is 27.5 Å². The first-order valence-corrected chi connectivity index (χ1v) is 8.14. The molecule has 0 aliphatic carbocycles. The number of ether oxygens (including phenoxy) is 3. The number of hydrogen-bond donors (Lipinski definition) is 2. The molecule has 0 atom stereocenters. The van der Waals surface area contributed by atoms with Gasteiger partial charge in [-0.05, 0) is 29.4 Å². The van der Waals surface area contributed by atoms with Crippen LogP contribution in [0.15, 0.2) is 21.9 Å². The minimum absolute atomic E-state index is 0.0393. The number of carbonyl (C=O) groups excluding carboxylic acids is 1. The fraction of sp³-hybridized carbons (Fsp3) is 0.250. The van der Waals surface area contributed by atoms with Crippen LogP contribution in [-0.4, -0.2) is 58.8 Å². The van der Waals surface area contributed by atoms with Gasteiger partial charge in [0.05, 0.1) is 33.2 Å². The molecule has 3 aromatic rings. The van der Waals surface area contributed by atoms with Crippen LogP contribution >= 0.6 is 0 Å².